The minimum Gasteiger partial charge on any atom is -0.431 e. The Labute approximate surface area is 110 Å². The van der Waals surface area contributed by atoms with Gasteiger partial charge in [0.05, 0.1) is 0 Å². The van der Waals surface area contributed by atoms with E-state index in [0.29, 0.717) is 5.92 Å². The van der Waals surface area contributed by atoms with Gasteiger partial charge in [-0.05, 0) is 49.0 Å². The van der Waals surface area contributed by atoms with E-state index in [1.54, 1.807) is 0 Å². The molecule has 0 aromatic carbocycles. The van der Waals surface area contributed by atoms with Crippen molar-refractivity contribution in [3.63, 3.8) is 0 Å². The molecule has 2 unspecified atom stereocenters. The van der Waals surface area contributed by atoms with Crippen molar-refractivity contribution in [1.29, 1.82) is 0 Å². The van der Waals surface area contributed by atoms with E-state index in [-0.39, 0.29) is 11.4 Å². The Hall–Kier alpha value is -1.05. The summed E-state index contributed by atoms with van der Waals surface area (Å²) in [5.74, 6) is 2.17. The number of carbonyl (C=O) groups is 1. The van der Waals surface area contributed by atoms with E-state index in [4.69, 9.17) is 4.74 Å². The molecule has 0 bridgehead atoms. The molecule has 0 amide bonds. The average molecular weight is 248 g/mol. The Balaban J connectivity index is 2.03. The second kappa shape index (κ2) is 4.91. The van der Waals surface area contributed by atoms with Gasteiger partial charge < -0.3 is 4.74 Å². The molecule has 0 aromatic heterocycles. The Morgan fingerprint density at radius 3 is 2.89 bits per heavy atom. The minimum atomic E-state index is -0.168. The highest BCUT2D eigenvalue weighted by Gasteiger charge is 2.49. The van der Waals surface area contributed by atoms with Gasteiger partial charge >= 0.3 is 5.97 Å². The van der Waals surface area contributed by atoms with E-state index in [9.17, 15) is 4.79 Å². The number of carbonyl (C=O) groups excluding carboxylic acids is 1. The summed E-state index contributed by atoms with van der Waals surface area (Å²) in [6.45, 7) is 9.87. The number of hydrogen-bond acceptors (Lipinski definition) is 2. The zero-order chi connectivity index (χ0) is 13.3. The highest BCUT2D eigenvalue weighted by Crippen LogP contribution is 2.57. The maximum atomic E-state index is 11.2. The number of rotatable bonds is 6. The summed E-state index contributed by atoms with van der Waals surface area (Å²) in [7, 11) is 0. The van der Waals surface area contributed by atoms with Gasteiger partial charge in [0.1, 0.15) is 5.76 Å². The third-order valence-electron chi connectivity index (χ3n) is 4.09. The third-order valence-corrected chi connectivity index (χ3v) is 4.09. The molecule has 2 rings (SSSR count). The first-order valence-electron chi connectivity index (χ1n) is 6.94. The normalized spacial score (nSPS) is 25.9. The van der Waals surface area contributed by atoms with Crippen LogP contribution in [0.1, 0.15) is 52.9 Å². The molecule has 0 heterocycles. The summed E-state index contributed by atoms with van der Waals surface area (Å²) in [4.78, 5) is 11.2. The summed E-state index contributed by atoms with van der Waals surface area (Å²) in [6, 6.07) is 0. The molecule has 0 N–H and O–H groups in total. The third kappa shape index (κ3) is 3.04. The zero-order valence-electron chi connectivity index (χ0n) is 11.8. The van der Waals surface area contributed by atoms with Crippen molar-refractivity contribution in [3.05, 3.63) is 24.0 Å². The van der Waals surface area contributed by atoms with Crippen LogP contribution in [-0.4, -0.2) is 5.97 Å². The van der Waals surface area contributed by atoms with Crippen molar-refractivity contribution in [2.24, 2.45) is 17.3 Å². The molecule has 0 saturated heterocycles. The quantitative estimate of drug-likeness (QED) is 0.519. The summed E-state index contributed by atoms with van der Waals surface area (Å²) in [5, 5.41) is 0. The molecule has 0 spiro atoms. The van der Waals surface area contributed by atoms with Crippen LogP contribution in [0.15, 0.2) is 24.0 Å². The van der Waals surface area contributed by atoms with Crippen LogP contribution in [0.4, 0.5) is 0 Å². The maximum absolute atomic E-state index is 11.2. The van der Waals surface area contributed by atoms with E-state index < -0.39 is 0 Å². The van der Waals surface area contributed by atoms with Gasteiger partial charge in [-0.3, -0.25) is 4.79 Å². The molecule has 0 aromatic rings. The van der Waals surface area contributed by atoms with Crippen LogP contribution in [0.3, 0.4) is 0 Å². The fourth-order valence-electron chi connectivity index (χ4n) is 3.09. The number of allylic oxidation sites excluding steroid dienone is 3. The lowest BCUT2D eigenvalue weighted by molar-refractivity contribution is -0.137. The second-order valence-corrected chi connectivity index (χ2v) is 6.54. The standard InChI is InChI=1S/C16H24O2/c1-5-6-7-16(3,4)10-13-8-12-9-14(12)15(13)18-11(2)17/h5,12,14H,1,6-10H2,2-4H3. The van der Waals surface area contributed by atoms with E-state index >= 15 is 0 Å². The Morgan fingerprint density at radius 1 is 1.56 bits per heavy atom. The van der Waals surface area contributed by atoms with Crippen LogP contribution in [0.5, 0.6) is 0 Å². The van der Waals surface area contributed by atoms with Gasteiger partial charge in [0.2, 0.25) is 0 Å². The maximum Gasteiger partial charge on any atom is 0.307 e. The van der Waals surface area contributed by atoms with Crippen LogP contribution in [0, 0.1) is 17.3 Å². The molecule has 2 nitrogen and oxygen atoms in total. The number of ether oxygens (including phenoxy) is 1. The van der Waals surface area contributed by atoms with Crippen molar-refractivity contribution < 1.29 is 9.53 Å². The summed E-state index contributed by atoms with van der Waals surface area (Å²) in [5.41, 5.74) is 1.66. The van der Waals surface area contributed by atoms with Crippen molar-refractivity contribution in [2.45, 2.75) is 52.9 Å². The van der Waals surface area contributed by atoms with Crippen LogP contribution < -0.4 is 0 Å². The van der Waals surface area contributed by atoms with E-state index in [1.807, 2.05) is 6.08 Å². The number of hydrogen-bond donors (Lipinski definition) is 0. The molecule has 0 radical (unpaired) electrons. The van der Waals surface area contributed by atoms with Crippen LogP contribution in [0.2, 0.25) is 0 Å². The van der Waals surface area contributed by atoms with Crippen molar-refractivity contribution >= 4 is 5.97 Å². The molecule has 2 aliphatic carbocycles. The van der Waals surface area contributed by atoms with Crippen molar-refractivity contribution in [3.8, 4) is 0 Å². The van der Waals surface area contributed by atoms with Gasteiger partial charge in [0, 0.05) is 12.8 Å². The van der Waals surface area contributed by atoms with Crippen LogP contribution >= 0.6 is 0 Å². The molecular weight excluding hydrogens is 224 g/mol. The molecular formula is C16H24O2. The summed E-state index contributed by atoms with van der Waals surface area (Å²) >= 11 is 0. The SMILES string of the molecule is C=CCCC(C)(C)CC1=C(OC(C)=O)C2CC2C1. The Morgan fingerprint density at radius 2 is 2.28 bits per heavy atom. The Kier molecular flexibility index (Phi) is 3.65. The van der Waals surface area contributed by atoms with Gasteiger partial charge in [0.15, 0.2) is 0 Å². The minimum absolute atomic E-state index is 0.168. The largest absolute Gasteiger partial charge is 0.431 e. The fraction of sp³-hybridized carbons (Fsp3) is 0.688. The van der Waals surface area contributed by atoms with Crippen molar-refractivity contribution in [2.75, 3.05) is 0 Å². The lowest BCUT2D eigenvalue weighted by Crippen LogP contribution is -2.13. The second-order valence-electron chi connectivity index (χ2n) is 6.54. The van der Waals surface area contributed by atoms with Crippen molar-refractivity contribution in [1.82, 2.24) is 0 Å². The highest BCUT2D eigenvalue weighted by molar-refractivity contribution is 5.67. The van der Waals surface area contributed by atoms with Gasteiger partial charge in [0.25, 0.3) is 0 Å². The lowest BCUT2D eigenvalue weighted by atomic mass is 9.80. The van der Waals surface area contributed by atoms with Gasteiger partial charge in [-0.25, -0.2) is 0 Å². The highest BCUT2D eigenvalue weighted by atomic mass is 16.5. The molecule has 18 heavy (non-hydrogen) atoms. The smallest absolute Gasteiger partial charge is 0.307 e. The molecule has 2 atom stereocenters. The van der Waals surface area contributed by atoms with E-state index in [0.717, 1.165) is 37.4 Å². The Bertz CT molecular complexity index is 390. The van der Waals surface area contributed by atoms with Crippen LogP contribution in [-0.2, 0) is 9.53 Å². The van der Waals surface area contributed by atoms with Gasteiger partial charge in [-0.1, -0.05) is 19.9 Å². The fourth-order valence-corrected chi connectivity index (χ4v) is 3.09. The first-order chi connectivity index (χ1) is 8.43. The monoisotopic (exact) mass is 248 g/mol. The molecule has 0 aliphatic heterocycles. The topological polar surface area (TPSA) is 26.3 Å². The summed E-state index contributed by atoms with van der Waals surface area (Å²) in [6.07, 6.45) is 7.59. The van der Waals surface area contributed by atoms with E-state index in [2.05, 4.69) is 20.4 Å². The van der Waals surface area contributed by atoms with Gasteiger partial charge in [-0.2, -0.15) is 0 Å². The lowest BCUT2D eigenvalue weighted by Gasteiger charge is -2.26. The van der Waals surface area contributed by atoms with E-state index in [1.165, 1.54) is 18.9 Å². The number of esters is 1. The summed E-state index contributed by atoms with van der Waals surface area (Å²) < 4.78 is 5.45. The first kappa shape index (κ1) is 13.4. The molecule has 1 saturated carbocycles. The number of fused-ring (bicyclic) bond motifs is 1. The molecule has 100 valence electrons. The van der Waals surface area contributed by atoms with Crippen LogP contribution in [0.25, 0.3) is 0 Å². The molecule has 2 aliphatic rings. The zero-order valence-corrected chi connectivity index (χ0v) is 11.8. The average Bonchev–Trinajstić information content (AvgIpc) is 2.94. The molecule has 1 fully saturated rings. The predicted octanol–water partition coefficient (Wildman–Crippen LogP) is 4.23. The molecule has 2 heteroatoms. The predicted molar refractivity (Wildman–Crippen MR) is 72.8 cm³/mol. The first-order valence-corrected chi connectivity index (χ1v) is 6.94. The van der Waals surface area contributed by atoms with Gasteiger partial charge in [-0.15, -0.1) is 6.58 Å².